The number of ether oxygens (including phenoxy) is 2. The van der Waals surface area contributed by atoms with Gasteiger partial charge in [0.25, 0.3) is 0 Å². The van der Waals surface area contributed by atoms with Gasteiger partial charge in [-0.05, 0) is 180 Å². The van der Waals surface area contributed by atoms with Crippen molar-refractivity contribution in [3.05, 3.63) is 59.3 Å². The Balaban J connectivity index is 1.00. The van der Waals surface area contributed by atoms with Crippen LogP contribution in [0.15, 0.2) is 53.8 Å². The lowest BCUT2D eigenvalue weighted by molar-refractivity contribution is -0.221. The Labute approximate surface area is 375 Å². The summed E-state index contributed by atoms with van der Waals surface area (Å²) in [5, 5.41) is 4.24. The Morgan fingerprint density at radius 3 is 2.39 bits per heavy atom. The lowest BCUT2D eigenvalue weighted by Crippen LogP contribution is -2.68. The van der Waals surface area contributed by atoms with E-state index in [1.165, 1.54) is 68.1 Å². The van der Waals surface area contributed by atoms with Crippen LogP contribution in [0.5, 0.6) is 5.88 Å². The smallest absolute Gasteiger partial charge is 0.312 e. The number of sulfone groups is 1. The van der Waals surface area contributed by atoms with Crippen LogP contribution in [0.25, 0.3) is 0 Å². The minimum atomic E-state index is -2.87. The van der Waals surface area contributed by atoms with Crippen molar-refractivity contribution in [3.63, 3.8) is 0 Å². The summed E-state index contributed by atoms with van der Waals surface area (Å²) in [5.74, 6) is 4.26. The summed E-state index contributed by atoms with van der Waals surface area (Å²) in [6.45, 7) is 29.7. The van der Waals surface area contributed by atoms with Gasteiger partial charge in [0.1, 0.15) is 0 Å². The number of nitrogens with one attached hydrogen (secondary N) is 1. The van der Waals surface area contributed by atoms with E-state index in [1.54, 1.807) is 6.20 Å². The molecule has 8 rings (SSSR count). The fourth-order valence-corrected chi connectivity index (χ4v) is 17.3. The number of pyridine rings is 1. The number of carbonyl (C=O) groups excluding carboxylic acids is 1. The molecule has 7 aliphatic rings. The van der Waals surface area contributed by atoms with Gasteiger partial charge in [-0.2, -0.15) is 0 Å². The number of esters is 1. The van der Waals surface area contributed by atoms with Gasteiger partial charge in [-0.3, -0.25) is 4.79 Å². The molecule has 1 aromatic heterocycles. The molecule has 1 N–H and O–H groups in total. The van der Waals surface area contributed by atoms with Gasteiger partial charge in [-0.1, -0.05) is 65.0 Å². The zero-order valence-corrected chi connectivity index (χ0v) is 40.9. The molecule has 62 heavy (non-hydrogen) atoms. The van der Waals surface area contributed by atoms with E-state index in [-0.39, 0.29) is 39.3 Å². The highest BCUT2D eigenvalue weighted by Crippen LogP contribution is 2.76. The third-order valence-electron chi connectivity index (χ3n) is 19.5. The van der Waals surface area contributed by atoms with Crippen LogP contribution in [0.1, 0.15) is 144 Å². The van der Waals surface area contributed by atoms with E-state index in [1.807, 2.05) is 32.9 Å². The molecule has 2 heterocycles. The van der Waals surface area contributed by atoms with Gasteiger partial charge in [0.15, 0.2) is 9.84 Å². The van der Waals surface area contributed by atoms with E-state index >= 15 is 0 Å². The fraction of sp³-hybridized carbons (Fsp3) is 0.774. The van der Waals surface area contributed by atoms with Gasteiger partial charge in [0, 0.05) is 43.5 Å². The molecular weight excluding hydrogens is 791 g/mol. The average Bonchev–Trinajstić information content (AvgIpc) is 3.59. The van der Waals surface area contributed by atoms with Crippen molar-refractivity contribution in [2.75, 3.05) is 44.3 Å². The molecule has 4 saturated carbocycles. The standard InChI is InChI=1S/C53H81N3O5S/c1-36(2)40-17-24-53(55-29-30-56-31-34-62(58,59)35-32-56)26-25-50(9)42(45(40)53)13-14-44-49(8)20-18-41(48(6,7)43(49)19-21-51(44,50)10)39-15-22-52(23-16-39,47(57)61-37(3)4)27-33-60-46-38(5)12-11-28-54-46/h11-12,15,18,28,37,40,42-45,55H,1,13-14,16-17,19-27,29-35H2,2-10H3/t40-,42+,43-,44+,45+,49-,50+,51+,52?,53-/m0/s1. The molecular formula is C53H81N3O5S. The van der Waals surface area contributed by atoms with Crippen LogP contribution in [0.2, 0.25) is 0 Å². The molecule has 10 atom stereocenters. The first-order valence-electron chi connectivity index (χ1n) is 24.7. The summed E-state index contributed by atoms with van der Waals surface area (Å²) in [5.41, 5.74) is 5.71. The monoisotopic (exact) mass is 872 g/mol. The Morgan fingerprint density at radius 1 is 0.952 bits per heavy atom. The van der Waals surface area contributed by atoms with Crippen LogP contribution in [0.4, 0.5) is 0 Å². The van der Waals surface area contributed by atoms with Crippen LogP contribution in [-0.4, -0.2) is 80.2 Å². The number of hydrogen-bond donors (Lipinski definition) is 1. The summed E-state index contributed by atoms with van der Waals surface area (Å²) in [6, 6.07) is 3.93. The molecule has 0 bridgehead atoms. The lowest BCUT2D eigenvalue weighted by atomic mass is 9.33. The molecule has 344 valence electrons. The van der Waals surface area contributed by atoms with Gasteiger partial charge in [0.05, 0.1) is 29.6 Å². The van der Waals surface area contributed by atoms with E-state index in [2.05, 4.69) is 75.5 Å². The Morgan fingerprint density at radius 2 is 1.71 bits per heavy atom. The topological polar surface area (TPSA) is 97.8 Å². The van der Waals surface area contributed by atoms with E-state index in [9.17, 15) is 13.2 Å². The van der Waals surface area contributed by atoms with Crippen LogP contribution >= 0.6 is 0 Å². The number of aryl methyl sites for hydroxylation is 1. The zero-order valence-electron chi connectivity index (χ0n) is 40.0. The zero-order chi connectivity index (χ0) is 44.5. The fourth-order valence-electron chi connectivity index (χ4n) is 16.0. The Hall–Kier alpha value is -2.49. The van der Waals surface area contributed by atoms with Crippen LogP contribution in [0, 0.1) is 63.6 Å². The first kappa shape index (κ1) is 46.1. The quantitative estimate of drug-likeness (QED) is 0.164. The van der Waals surface area contributed by atoms with E-state index in [4.69, 9.17) is 9.47 Å². The van der Waals surface area contributed by atoms with Gasteiger partial charge < -0.3 is 19.7 Å². The summed E-state index contributed by atoms with van der Waals surface area (Å²) >= 11 is 0. The molecule has 0 spiro atoms. The van der Waals surface area contributed by atoms with Crippen molar-refractivity contribution in [1.29, 1.82) is 0 Å². The van der Waals surface area contributed by atoms with Crippen LogP contribution in [0.3, 0.4) is 0 Å². The van der Waals surface area contributed by atoms with Crippen molar-refractivity contribution < 1.29 is 22.7 Å². The molecule has 1 aromatic rings. The lowest BCUT2D eigenvalue weighted by Gasteiger charge is -2.72. The van der Waals surface area contributed by atoms with Crippen molar-refractivity contribution in [1.82, 2.24) is 15.2 Å². The number of fused-ring (bicyclic) bond motifs is 7. The highest BCUT2D eigenvalue weighted by Gasteiger charge is 2.70. The number of aromatic nitrogens is 1. The van der Waals surface area contributed by atoms with E-state index < -0.39 is 15.3 Å². The number of nitrogens with zero attached hydrogens (tertiary/aromatic N) is 2. The maximum Gasteiger partial charge on any atom is 0.312 e. The summed E-state index contributed by atoms with van der Waals surface area (Å²) in [4.78, 5) is 20.7. The number of carbonyl (C=O) groups is 1. The Kier molecular flexibility index (Phi) is 12.4. The van der Waals surface area contributed by atoms with Gasteiger partial charge in [-0.15, -0.1) is 0 Å². The van der Waals surface area contributed by atoms with Crippen LogP contribution < -0.4 is 10.1 Å². The molecule has 1 unspecified atom stereocenters. The van der Waals surface area contributed by atoms with Gasteiger partial charge in [0.2, 0.25) is 5.88 Å². The maximum atomic E-state index is 13.9. The third kappa shape index (κ3) is 7.79. The molecule has 0 radical (unpaired) electrons. The van der Waals surface area contributed by atoms with Crippen LogP contribution in [-0.2, 0) is 19.4 Å². The number of rotatable bonds is 12. The Bertz CT molecular complexity index is 2040. The summed E-state index contributed by atoms with van der Waals surface area (Å²) < 4.78 is 36.4. The first-order valence-corrected chi connectivity index (χ1v) is 26.5. The first-order chi connectivity index (χ1) is 29.2. The molecule has 0 amide bonds. The minimum absolute atomic E-state index is 0.0383. The molecule has 8 nitrogen and oxygen atoms in total. The van der Waals surface area contributed by atoms with Crippen molar-refractivity contribution >= 4 is 15.8 Å². The highest BCUT2D eigenvalue weighted by molar-refractivity contribution is 7.91. The highest BCUT2D eigenvalue weighted by atomic mass is 32.2. The van der Waals surface area contributed by atoms with Crippen molar-refractivity contribution in [2.24, 2.45) is 56.7 Å². The summed E-state index contributed by atoms with van der Waals surface area (Å²) in [7, 11) is -2.87. The largest absolute Gasteiger partial charge is 0.477 e. The van der Waals surface area contributed by atoms with E-state index in [0.717, 1.165) is 37.9 Å². The SMILES string of the molecule is C=C(C)[C@@H]1CC[C@]2(NCCN3CCS(=O)(=O)CC3)CC[C@]3(C)[C@H](CC[C@@H]4[C@@]5(C)CC=C(C6=CCC(CCOc7ncccc7C)(C(=O)OC(C)C)CC6)C(C)(C)[C@@H]5CC[C@]43C)[C@@H]12. The number of hydrogen-bond acceptors (Lipinski definition) is 8. The average molecular weight is 872 g/mol. The predicted octanol–water partition coefficient (Wildman–Crippen LogP) is 10.5. The minimum Gasteiger partial charge on any atom is -0.477 e. The second-order valence-corrected chi connectivity index (χ2v) is 25.5. The van der Waals surface area contributed by atoms with Crippen molar-refractivity contribution in [3.8, 4) is 5.88 Å². The number of allylic oxidation sites excluding steroid dienone is 5. The van der Waals surface area contributed by atoms with E-state index in [0.29, 0.717) is 79.5 Å². The molecule has 1 saturated heterocycles. The molecule has 5 fully saturated rings. The molecule has 0 aromatic carbocycles. The predicted molar refractivity (Wildman–Crippen MR) is 251 cm³/mol. The molecule has 1 aliphatic heterocycles. The molecule has 6 aliphatic carbocycles. The third-order valence-corrected chi connectivity index (χ3v) is 21.1. The maximum absolute atomic E-state index is 13.9. The van der Waals surface area contributed by atoms with Crippen molar-refractivity contribution in [2.45, 2.75) is 157 Å². The normalized spacial score (nSPS) is 39.9. The second-order valence-electron chi connectivity index (χ2n) is 23.2. The summed E-state index contributed by atoms with van der Waals surface area (Å²) in [6.07, 6.45) is 20.9. The van der Waals surface area contributed by atoms with Gasteiger partial charge >= 0.3 is 5.97 Å². The molecule has 9 heteroatoms. The second kappa shape index (κ2) is 16.7. The van der Waals surface area contributed by atoms with Gasteiger partial charge in [-0.25, -0.2) is 13.4 Å².